The second-order valence-corrected chi connectivity index (χ2v) is 7.06. The van der Waals surface area contributed by atoms with Crippen LogP contribution in [-0.4, -0.2) is 40.6 Å². The van der Waals surface area contributed by atoms with Crippen molar-refractivity contribution < 1.29 is 4.74 Å². The van der Waals surface area contributed by atoms with Gasteiger partial charge in [0.1, 0.15) is 18.0 Å². The van der Waals surface area contributed by atoms with Crippen molar-refractivity contribution in [3.8, 4) is 11.9 Å². The average Bonchev–Trinajstić information content (AvgIpc) is 3.45. The van der Waals surface area contributed by atoms with E-state index in [0.717, 1.165) is 41.9 Å². The van der Waals surface area contributed by atoms with Crippen LogP contribution in [0.4, 0.5) is 0 Å². The van der Waals surface area contributed by atoms with E-state index < -0.39 is 0 Å². The molecule has 0 aliphatic heterocycles. The van der Waals surface area contributed by atoms with Gasteiger partial charge in [0.05, 0.1) is 24.1 Å². The Balaban J connectivity index is 1.46. The van der Waals surface area contributed by atoms with Crippen molar-refractivity contribution in [2.75, 3.05) is 0 Å². The van der Waals surface area contributed by atoms with E-state index in [1.54, 1.807) is 6.20 Å². The van der Waals surface area contributed by atoms with E-state index in [9.17, 15) is 0 Å². The van der Waals surface area contributed by atoms with Gasteiger partial charge in [0.15, 0.2) is 17.0 Å². The summed E-state index contributed by atoms with van der Waals surface area (Å²) in [6, 6.07) is 3.96. The molecule has 0 radical (unpaired) electrons. The first-order valence-electron chi connectivity index (χ1n) is 9.32. The van der Waals surface area contributed by atoms with E-state index in [1.807, 2.05) is 18.3 Å². The third-order valence-corrected chi connectivity index (χ3v) is 5.50. The van der Waals surface area contributed by atoms with Crippen LogP contribution in [0.1, 0.15) is 43.6 Å². The fraction of sp³-hybridized carbons (Fsp3) is 0.368. The van der Waals surface area contributed by atoms with Crippen LogP contribution in [0.3, 0.4) is 0 Å². The molecule has 4 heterocycles. The summed E-state index contributed by atoms with van der Waals surface area (Å²) in [6.45, 7) is 2.19. The SMILES string of the molecule is CC[C@@H]1C[C@H](Oc2cnc(C#N)cn2)C[C@H]1c1nnc2cnc3[nH]ccc3n12. The number of hydrogen-bond donors (Lipinski definition) is 1. The molecule has 0 aromatic carbocycles. The predicted octanol–water partition coefficient (Wildman–Crippen LogP) is 2.62. The monoisotopic (exact) mass is 374 g/mol. The third-order valence-electron chi connectivity index (χ3n) is 5.50. The van der Waals surface area contributed by atoms with Crippen molar-refractivity contribution in [2.45, 2.75) is 38.2 Å². The normalized spacial score (nSPS) is 21.9. The molecule has 1 fully saturated rings. The fourth-order valence-electron chi connectivity index (χ4n) is 4.18. The number of hydrogen-bond acceptors (Lipinski definition) is 7. The van der Waals surface area contributed by atoms with Crippen LogP contribution in [0.5, 0.6) is 5.88 Å². The molecule has 0 bridgehead atoms. The molecule has 28 heavy (non-hydrogen) atoms. The van der Waals surface area contributed by atoms with Crippen LogP contribution in [0.15, 0.2) is 30.9 Å². The van der Waals surface area contributed by atoms with Crippen molar-refractivity contribution in [1.29, 1.82) is 5.26 Å². The number of fused-ring (bicyclic) bond motifs is 3. The van der Waals surface area contributed by atoms with Crippen molar-refractivity contribution in [3.05, 3.63) is 42.4 Å². The van der Waals surface area contributed by atoms with Crippen LogP contribution in [-0.2, 0) is 0 Å². The minimum Gasteiger partial charge on any atom is -0.473 e. The van der Waals surface area contributed by atoms with Gasteiger partial charge in [0.2, 0.25) is 5.88 Å². The summed E-state index contributed by atoms with van der Waals surface area (Å²) in [5, 5.41) is 17.7. The van der Waals surface area contributed by atoms with Crippen molar-refractivity contribution in [1.82, 2.24) is 34.5 Å². The lowest BCUT2D eigenvalue weighted by atomic mass is 9.93. The van der Waals surface area contributed by atoms with Gasteiger partial charge in [-0.05, 0) is 24.8 Å². The van der Waals surface area contributed by atoms with Gasteiger partial charge in [0.25, 0.3) is 0 Å². The number of ether oxygens (including phenoxy) is 1. The Kier molecular flexibility index (Phi) is 3.90. The standard InChI is InChI=1S/C19H18N8O/c1-2-11-5-13(28-17-10-22-12(7-20)8-23-17)6-14(11)19-26-25-16-9-24-18-15(27(16)19)3-4-21-18/h3-4,8-11,13-14,21H,2,5-6H2,1H3/t11-,13+,14-/m1/s1. The summed E-state index contributed by atoms with van der Waals surface area (Å²) >= 11 is 0. The van der Waals surface area contributed by atoms with E-state index in [2.05, 4.69) is 41.5 Å². The number of rotatable bonds is 4. The molecular weight excluding hydrogens is 356 g/mol. The van der Waals surface area contributed by atoms with Crippen LogP contribution >= 0.6 is 0 Å². The van der Waals surface area contributed by atoms with Crippen molar-refractivity contribution in [3.63, 3.8) is 0 Å². The molecule has 4 aromatic heterocycles. The molecule has 1 aliphatic rings. The molecule has 0 spiro atoms. The highest BCUT2D eigenvalue weighted by atomic mass is 16.5. The minimum atomic E-state index is 0.0214. The Bertz CT molecular complexity index is 1170. The molecule has 9 heteroatoms. The molecule has 0 saturated heterocycles. The quantitative estimate of drug-likeness (QED) is 0.583. The molecule has 140 valence electrons. The van der Waals surface area contributed by atoms with Crippen LogP contribution < -0.4 is 4.74 Å². The summed E-state index contributed by atoms with van der Waals surface area (Å²) in [5.74, 6) is 2.07. The van der Waals surface area contributed by atoms with Crippen LogP contribution in [0, 0.1) is 17.2 Å². The maximum atomic E-state index is 8.85. The first-order chi connectivity index (χ1) is 13.8. The number of nitrogens with zero attached hydrogens (tertiary/aromatic N) is 7. The molecule has 1 N–H and O–H groups in total. The zero-order valence-electron chi connectivity index (χ0n) is 15.3. The number of H-pyrrole nitrogens is 1. The van der Waals surface area contributed by atoms with Crippen LogP contribution in [0.25, 0.3) is 16.8 Å². The lowest BCUT2D eigenvalue weighted by molar-refractivity contribution is 0.194. The maximum Gasteiger partial charge on any atom is 0.232 e. The molecule has 0 unspecified atom stereocenters. The lowest BCUT2D eigenvalue weighted by Crippen LogP contribution is -2.13. The van der Waals surface area contributed by atoms with Gasteiger partial charge >= 0.3 is 0 Å². The maximum absolute atomic E-state index is 8.85. The molecular formula is C19H18N8O. The van der Waals surface area contributed by atoms with E-state index in [1.165, 1.54) is 12.4 Å². The summed E-state index contributed by atoms with van der Waals surface area (Å²) in [6.07, 6.45) is 9.35. The molecule has 1 saturated carbocycles. The summed E-state index contributed by atoms with van der Waals surface area (Å²) in [4.78, 5) is 15.8. The Morgan fingerprint density at radius 1 is 1.21 bits per heavy atom. The Labute approximate surface area is 160 Å². The van der Waals surface area contributed by atoms with E-state index in [4.69, 9.17) is 10.00 Å². The third kappa shape index (κ3) is 2.65. The second-order valence-electron chi connectivity index (χ2n) is 7.06. The van der Waals surface area contributed by atoms with Crippen molar-refractivity contribution >= 4 is 16.8 Å². The van der Waals surface area contributed by atoms with Crippen LogP contribution in [0.2, 0.25) is 0 Å². The second kappa shape index (κ2) is 6.56. The summed E-state index contributed by atoms with van der Waals surface area (Å²) < 4.78 is 8.15. The van der Waals surface area contributed by atoms with E-state index >= 15 is 0 Å². The number of aromatic nitrogens is 7. The van der Waals surface area contributed by atoms with Gasteiger partial charge in [0, 0.05) is 12.1 Å². The lowest BCUT2D eigenvalue weighted by Gasteiger charge is -2.15. The Morgan fingerprint density at radius 2 is 2.14 bits per heavy atom. The van der Waals surface area contributed by atoms with Gasteiger partial charge < -0.3 is 9.72 Å². The number of aromatic amines is 1. The molecule has 5 rings (SSSR count). The zero-order valence-corrected chi connectivity index (χ0v) is 15.3. The molecule has 3 atom stereocenters. The smallest absolute Gasteiger partial charge is 0.232 e. The topological polar surface area (TPSA) is 118 Å². The first kappa shape index (κ1) is 16.6. The van der Waals surface area contributed by atoms with Gasteiger partial charge in [-0.15, -0.1) is 10.2 Å². The van der Waals surface area contributed by atoms with Crippen molar-refractivity contribution in [2.24, 2.45) is 5.92 Å². The minimum absolute atomic E-state index is 0.0214. The molecule has 0 amide bonds. The first-order valence-corrected chi connectivity index (χ1v) is 9.32. The van der Waals surface area contributed by atoms with Gasteiger partial charge in [-0.3, -0.25) is 4.40 Å². The highest BCUT2D eigenvalue weighted by Crippen LogP contribution is 2.42. The highest BCUT2D eigenvalue weighted by molar-refractivity contribution is 5.74. The summed E-state index contributed by atoms with van der Waals surface area (Å²) in [5.41, 5.74) is 2.83. The number of nitriles is 1. The predicted molar refractivity (Wildman–Crippen MR) is 99.6 cm³/mol. The fourth-order valence-corrected chi connectivity index (χ4v) is 4.18. The van der Waals surface area contributed by atoms with Gasteiger partial charge in [-0.2, -0.15) is 5.26 Å². The number of nitrogens with one attached hydrogen (secondary N) is 1. The molecule has 4 aromatic rings. The van der Waals surface area contributed by atoms with E-state index in [-0.39, 0.29) is 17.7 Å². The summed E-state index contributed by atoms with van der Waals surface area (Å²) in [7, 11) is 0. The Morgan fingerprint density at radius 3 is 2.93 bits per heavy atom. The molecule has 1 aliphatic carbocycles. The van der Waals surface area contributed by atoms with E-state index in [0.29, 0.717) is 11.8 Å². The molecule has 9 nitrogen and oxygen atoms in total. The van der Waals surface area contributed by atoms with Gasteiger partial charge in [-0.25, -0.2) is 15.0 Å². The average molecular weight is 374 g/mol. The highest BCUT2D eigenvalue weighted by Gasteiger charge is 2.38. The largest absolute Gasteiger partial charge is 0.473 e. The zero-order chi connectivity index (χ0) is 19.1. The van der Waals surface area contributed by atoms with Gasteiger partial charge in [-0.1, -0.05) is 13.3 Å². The Hall–Kier alpha value is -3.54.